The van der Waals surface area contributed by atoms with Crippen LogP contribution >= 0.6 is 0 Å². The topological polar surface area (TPSA) is 71.3 Å². The molecule has 0 aromatic carbocycles. The van der Waals surface area contributed by atoms with Gasteiger partial charge in [-0.25, -0.2) is 4.79 Å². The minimum absolute atomic E-state index is 0.0817. The van der Waals surface area contributed by atoms with E-state index in [2.05, 4.69) is 5.32 Å². The Bertz CT molecular complexity index is 424. The van der Waals surface area contributed by atoms with Gasteiger partial charge in [0.25, 0.3) is 0 Å². The minimum Gasteiger partial charge on any atom is -0.478 e. The number of carbonyl (C=O) groups is 2. The number of carboxylic acids is 1. The van der Waals surface area contributed by atoms with Crippen molar-refractivity contribution in [3.05, 3.63) is 23.5 Å². The third-order valence-corrected chi connectivity index (χ3v) is 2.68. The van der Waals surface area contributed by atoms with Gasteiger partial charge in [-0.2, -0.15) is 0 Å². The summed E-state index contributed by atoms with van der Waals surface area (Å²) in [6.45, 7) is 4.80. The van der Waals surface area contributed by atoms with Gasteiger partial charge in [-0.15, -0.1) is 0 Å². The SMILES string of the molecule is CCCNC(=O)Cn1ccc(C(=O)O)c1CCC. The summed E-state index contributed by atoms with van der Waals surface area (Å²) in [6.07, 6.45) is 4.07. The molecule has 100 valence electrons. The molecule has 0 aliphatic rings. The summed E-state index contributed by atoms with van der Waals surface area (Å²) in [4.78, 5) is 22.7. The highest BCUT2D eigenvalue weighted by Crippen LogP contribution is 2.13. The van der Waals surface area contributed by atoms with E-state index in [1.807, 2.05) is 13.8 Å². The van der Waals surface area contributed by atoms with Gasteiger partial charge in [0.1, 0.15) is 6.54 Å². The second kappa shape index (κ2) is 6.83. The fourth-order valence-corrected chi connectivity index (χ4v) is 1.84. The number of carboxylic acid groups (broad SMARTS) is 1. The predicted octanol–water partition coefficient (Wildman–Crippen LogP) is 1.66. The number of hydrogen-bond acceptors (Lipinski definition) is 2. The normalized spacial score (nSPS) is 10.3. The largest absolute Gasteiger partial charge is 0.478 e. The molecular formula is C13H20N2O3. The quantitative estimate of drug-likeness (QED) is 0.775. The Morgan fingerprint density at radius 3 is 2.61 bits per heavy atom. The zero-order valence-electron chi connectivity index (χ0n) is 10.9. The van der Waals surface area contributed by atoms with Crippen LogP contribution < -0.4 is 5.32 Å². The average Bonchev–Trinajstić information content (AvgIpc) is 2.70. The molecule has 0 aliphatic heterocycles. The van der Waals surface area contributed by atoms with E-state index >= 15 is 0 Å². The van der Waals surface area contributed by atoms with E-state index in [4.69, 9.17) is 5.11 Å². The van der Waals surface area contributed by atoms with Crippen molar-refractivity contribution in [1.29, 1.82) is 0 Å². The van der Waals surface area contributed by atoms with E-state index in [1.165, 1.54) is 0 Å². The minimum atomic E-state index is -0.939. The van der Waals surface area contributed by atoms with Crippen molar-refractivity contribution in [3.63, 3.8) is 0 Å². The molecule has 2 N–H and O–H groups in total. The first kappa shape index (κ1) is 14.3. The van der Waals surface area contributed by atoms with Crippen LogP contribution in [0.15, 0.2) is 12.3 Å². The molecule has 5 heteroatoms. The smallest absolute Gasteiger partial charge is 0.337 e. The summed E-state index contributed by atoms with van der Waals surface area (Å²) in [6, 6.07) is 1.56. The van der Waals surface area contributed by atoms with Gasteiger partial charge < -0.3 is 15.0 Å². The number of hydrogen-bond donors (Lipinski definition) is 2. The molecular weight excluding hydrogens is 232 g/mol. The average molecular weight is 252 g/mol. The summed E-state index contributed by atoms with van der Waals surface area (Å²) in [5.74, 6) is -1.02. The van der Waals surface area contributed by atoms with Gasteiger partial charge in [-0.1, -0.05) is 20.3 Å². The summed E-state index contributed by atoms with van der Waals surface area (Å²) in [5, 5.41) is 11.8. The second-order valence-electron chi connectivity index (χ2n) is 4.21. The first-order chi connectivity index (χ1) is 8.60. The maximum Gasteiger partial charge on any atom is 0.337 e. The Hall–Kier alpha value is -1.78. The lowest BCUT2D eigenvalue weighted by atomic mass is 10.1. The van der Waals surface area contributed by atoms with Crippen LogP contribution in [-0.4, -0.2) is 28.1 Å². The van der Waals surface area contributed by atoms with Crippen molar-refractivity contribution in [2.45, 2.75) is 39.7 Å². The molecule has 0 unspecified atom stereocenters. The van der Waals surface area contributed by atoms with Crippen LogP contribution in [0.25, 0.3) is 0 Å². The van der Waals surface area contributed by atoms with Crippen LogP contribution in [-0.2, 0) is 17.8 Å². The van der Waals surface area contributed by atoms with Crippen LogP contribution in [0.2, 0.25) is 0 Å². The Morgan fingerprint density at radius 2 is 2.06 bits per heavy atom. The number of carbonyl (C=O) groups excluding carboxylic acids is 1. The summed E-state index contributed by atoms with van der Waals surface area (Å²) >= 11 is 0. The maximum atomic E-state index is 11.6. The van der Waals surface area contributed by atoms with E-state index in [0.29, 0.717) is 18.5 Å². The number of rotatable bonds is 7. The molecule has 0 fully saturated rings. The van der Waals surface area contributed by atoms with E-state index in [0.717, 1.165) is 18.5 Å². The van der Waals surface area contributed by atoms with Gasteiger partial charge in [0.2, 0.25) is 5.91 Å². The van der Waals surface area contributed by atoms with Gasteiger partial charge in [0.15, 0.2) is 0 Å². The van der Waals surface area contributed by atoms with Crippen molar-refractivity contribution in [3.8, 4) is 0 Å². The molecule has 0 aliphatic carbocycles. The van der Waals surface area contributed by atoms with Crippen molar-refractivity contribution < 1.29 is 14.7 Å². The first-order valence-corrected chi connectivity index (χ1v) is 6.28. The van der Waals surface area contributed by atoms with Gasteiger partial charge in [0.05, 0.1) is 5.56 Å². The molecule has 18 heavy (non-hydrogen) atoms. The van der Waals surface area contributed by atoms with E-state index in [-0.39, 0.29) is 12.5 Å². The Kier molecular flexibility index (Phi) is 5.42. The number of aromatic carboxylic acids is 1. The number of amides is 1. The van der Waals surface area contributed by atoms with Gasteiger partial charge in [0, 0.05) is 18.4 Å². The molecule has 5 nitrogen and oxygen atoms in total. The van der Waals surface area contributed by atoms with Gasteiger partial charge in [-0.3, -0.25) is 4.79 Å². The van der Waals surface area contributed by atoms with Gasteiger partial charge >= 0.3 is 5.97 Å². The summed E-state index contributed by atoms with van der Waals surface area (Å²) in [5.41, 5.74) is 1.01. The summed E-state index contributed by atoms with van der Waals surface area (Å²) in [7, 11) is 0. The number of nitrogens with zero attached hydrogens (tertiary/aromatic N) is 1. The molecule has 0 atom stereocenters. The third kappa shape index (κ3) is 3.61. The van der Waals surface area contributed by atoms with E-state index in [1.54, 1.807) is 16.8 Å². The van der Waals surface area contributed by atoms with Crippen LogP contribution in [0.5, 0.6) is 0 Å². The standard InChI is InChI=1S/C13H20N2O3/c1-3-5-11-10(13(17)18)6-8-15(11)9-12(16)14-7-4-2/h6,8H,3-5,7,9H2,1-2H3,(H,14,16)(H,17,18). The molecule has 0 spiro atoms. The van der Waals surface area contributed by atoms with Crippen molar-refractivity contribution >= 4 is 11.9 Å². The lowest BCUT2D eigenvalue weighted by Crippen LogP contribution is -2.28. The molecule has 0 saturated heterocycles. The van der Waals surface area contributed by atoms with Crippen LogP contribution in [0.3, 0.4) is 0 Å². The third-order valence-electron chi connectivity index (χ3n) is 2.68. The first-order valence-electron chi connectivity index (χ1n) is 6.28. The lowest BCUT2D eigenvalue weighted by molar-refractivity contribution is -0.121. The monoisotopic (exact) mass is 252 g/mol. The Labute approximate surface area is 107 Å². The Morgan fingerprint density at radius 1 is 1.33 bits per heavy atom. The predicted molar refractivity (Wildman–Crippen MR) is 68.7 cm³/mol. The Balaban J connectivity index is 2.81. The fraction of sp³-hybridized carbons (Fsp3) is 0.538. The van der Waals surface area contributed by atoms with Crippen molar-refractivity contribution in [1.82, 2.24) is 9.88 Å². The highest BCUT2D eigenvalue weighted by molar-refractivity contribution is 5.89. The molecule has 1 aromatic rings. The lowest BCUT2D eigenvalue weighted by Gasteiger charge is -2.09. The summed E-state index contributed by atoms with van der Waals surface area (Å²) < 4.78 is 1.72. The molecule has 0 bridgehead atoms. The van der Waals surface area contributed by atoms with Gasteiger partial charge in [-0.05, 0) is 18.9 Å². The highest BCUT2D eigenvalue weighted by Gasteiger charge is 2.15. The molecule has 1 amide bonds. The van der Waals surface area contributed by atoms with E-state index in [9.17, 15) is 9.59 Å². The van der Waals surface area contributed by atoms with Crippen LogP contribution in [0.4, 0.5) is 0 Å². The second-order valence-corrected chi connectivity index (χ2v) is 4.21. The zero-order valence-corrected chi connectivity index (χ0v) is 10.9. The van der Waals surface area contributed by atoms with Crippen LogP contribution in [0, 0.1) is 0 Å². The molecule has 1 rings (SSSR count). The van der Waals surface area contributed by atoms with E-state index < -0.39 is 5.97 Å². The maximum absolute atomic E-state index is 11.6. The van der Waals surface area contributed by atoms with Crippen LogP contribution in [0.1, 0.15) is 42.7 Å². The molecule has 1 aromatic heterocycles. The number of aromatic nitrogens is 1. The molecule has 0 saturated carbocycles. The van der Waals surface area contributed by atoms with Crippen molar-refractivity contribution in [2.75, 3.05) is 6.54 Å². The molecule has 1 heterocycles. The van der Waals surface area contributed by atoms with Crippen molar-refractivity contribution in [2.24, 2.45) is 0 Å². The highest BCUT2D eigenvalue weighted by atomic mass is 16.4. The molecule has 0 radical (unpaired) electrons. The number of nitrogens with one attached hydrogen (secondary N) is 1. The fourth-order valence-electron chi connectivity index (χ4n) is 1.84. The zero-order chi connectivity index (χ0) is 13.5.